The van der Waals surface area contributed by atoms with Crippen LogP contribution in [0.25, 0.3) is 0 Å². The van der Waals surface area contributed by atoms with Crippen molar-refractivity contribution in [2.75, 3.05) is 13.2 Å². The molecule has 0 saturated carbocycles. The largest absolute Gasteiger partial charge is 0.481 e. The average Bonchev–Trinajstić information content (AvgIpc) is 2.95. The van der Waals surface area contributed by atoms with Crippen molar-refractivity contribution in [2.45, 2.75) is 175 Å². The molecule has 0 amide bonds. The molecule has 0 aliphatic heterocycles. The van der Waals surface area contributed by atoms with Crippen LogP contribution in [-0.2, 0) is 14.3 Å². The molecule has 1 atom stereocenters. The summed E-state index contributed by atoms with van der Waals surface area (Å²) in [5, 5.41) is 26.8. The van der Waals surface area contributed by atoms with Crippen LogP contribution < -0.4 is 0 Å². The second-order valence-corrected chi connectivity index (χ2v) is 10.8. The van der Waals surface area contributed by atoms with Gasteiger partial charge in [-0.3, -0.25) is 9.59 Å². The van der Waals surface area contributed by atoms with E-state index in [9.17, 15) is 14.7 Å². The second kappa shape index (κ2) is 40.5. The van der Waals surface area contributed by atoms with E-state index in [0.29, 0.717) is 12.8 Å². The molecule has 0 heterocycles. The molecule has 0 rings (SSSR count). The van der Waals surface area contributed by atoms with Crippen molar-refractivity contribution in [3.63, 3.8) is 0 Å². The van der Waals surface area contributed by atoms with E-state index < -0.39 is 5.97 Å². The van der Waals surface area contributed by atoms with Gasteiger partial charge in [-0.15, -0.1) is 6.58 Å². The first-order chi connectivity index (χ1) is 19.9. The molecule has 244 valence electrons. The molecule has 6 heteroatoms. The molecule has 0 aliphatic carbocycles. The Kier molecular flexibility index (Phi) is 43.2. The zero-order valence-electron chi connectivity index (χ0n) is 27.3. The third kappa shape index (κ3) is 48.4. The molecule has 0 aliphatic rings. The van der Waals surface area contributed by atoms with Crippen molar-refractivity contribution in [3.05, 3.63) is 24.8 Å². The van der Waals surface area contributed by atoms with Crippen molar-refractivity contribution in [2.24, 2.45) is 0 Å². The van der Waals surface area contributed by atoms with Crippen LogP contribution in [0.3, 0.4) is 0 Å². The number of carboxylic acid groups (broad SMARTS) is 1. The first-order valence-electron chi connectivity index (χ1n) is 16.8. The third-order valence-corrected chi connectivity index (χ3v) is 6.57. The van der Waals surface area contributed by atoms with E-state index in [4.69, 9.17) is 14.9 Å². The van der Waals surface area contributed by atoms with E-state index in [1.807, 2.05) is 6.92 Å². The zero-order chi connectivity index (χ0) is 31.2. The summed E-state index contributed by atoms with van der Waals surface area (Å²) < 4.78 is 4.77. The number of hydrogen-bond acceptors (Lipinski definition) is 5. The fourth-order valence-corrected chi connectivity index (χ4v) is 4.18. The minimum atomic E-state index is -0.689. The van der Waals surface area contributed by atoms with E-state index in [0.717, 1.165) is 64.2 Å². The number of unbranched alkanes of at least 4 members (excludes halogenated alkanes) is 16. The Morgan fingerprint density at radius 3 is 1.71 bits per heavy atom. The summed E-state index contributed by atoms with van der Waals surface area (Å²) in [6, 6.07) is 0. The highest BCUT2D eigenvalue weighted by molar-refractivity contribution is 5.69. The van der Waals surface area contributed by atoms with Crippen molar-refractivity contribution in [1.82, 2.24) is 0 Å². The first-order valence-corrected chi connectivity index (χ1v) is 16.8. The second-order valence-electron chi connectivity index (χ2n) is 10.8. The summed E-state index contributed by atoms with van der Waals surface area (Å²) in [7, 11) is 0. The highest BCUT2D eigenvalue weighted by atomic mass is 16.5. The van der Waals surface area contributed by atoms with Crippen LogP contribution in [0.1, 0.15) is 168 Å². The molecule has 0 fully saturated rings. The number of rotatable bonds is 27. The van der Waals surface area contributed by atoms with Crippen LogP contribution >= 0.6 is 0 Å². The third-order valence-electron chi connectivity index (χ3n) is 6.57. The number of esters is 1. The lowest BCUT2D eigenvalue weighted by Gasteiger charge is -2.07. The van der Waals surface area contributed by atoms with Gasteiger partial charge in [0.2, 0.25) is 0 Å². The minimum absolute atomic E-state index is 0.0799. The van der Waals surface area contributed by atoms with Gasteiger partial charge in [0, 0.05) is 12.8 Å². The fourth-order valence-electron chi connectivity index (χ4n) is 4.18. The Morgan fingerprint density at radius 2 is 1.20 bits per heavy atom. The summed E-state index contributed by atoms with van der Waals surface area (Å²) in [4.78, 5) is 21.4. The fraction of sp³-hybridized carbons (Fsp3) is 0.829. The average molecular weight is 585 g/mol. The van der Waals surface area contributed by atoms with Gasteiger partial charge in [-0.25, -0.2) is 0 Å². The van der Waals surface area contributed by atoms with Crippen molar-refractivity contribution < 1.29 is 29.6 Å². The summed E-state index contributed by atoms with van der Waals surface area (Å²) >= 11 is 0. The van der Waals surface area contributed by atoms with Gasteiger partial charge in [-0.1, -0.05) is 128 Å². The van der Waals surface area contributed by atoms with E-state index in [1.54, 1.807) is 6.08 Å². The van der Waals surface area contributed by atoms with E-state index in [2.05, 4.69) is 32.6 Å². The van der Waals surface area contributed by atoms with Crippen LogP contribution in [0.4, 0.5) is 0 Å². The molecule has 0 aromatic rings. The molecule has 0 aromatic heterocycles. The van der Waals surface area contributed by atoms with E-state index >= 15 is 0 Å². The van der Waals surface area contributed by atoms with Gasteiger partial charge in [0.1, 0.15) is 6.61 Å². The van der Waals surface area contributed by atoms with Gasteiger partial charge in [-0.05, 0) is 45.4 Å². The van der Waals surface area contributed by atoms with Crippen molar-refractivity contribution in [1.29, 1.82) is 0 Å². The highest BCUT2D eigenvalue weighted by Crippen LogP contribution is 2.12. The normalized spacial score (nSPS) is 11.2. The SMILES string of the molecule is C=CC.CCCCCCCCCCCC(=O)OCCO.CCCCCC[C@@H](O)C/C=C\CCCCCCCC(=O)O. The van der Waals surface area contributed by atoms with Gasteiger partial charge in [0.25, 0.3) is 0 Å². The van der Waals surface area contributed by atoms with Crippen LogP contribution in [0.2, 0.25) is 0 Å². The van der Waals surface area contributed by atoms with Crippen molar-refractivity contribution in [3.8, 4) is 0 Å². The number of aliphatic hydroxyl groups excluding tert-OH is 2. The monoisotopic (exact) mass is 585 g/mol. The van der Waals surface area contributed by atoms with Gasteiger partial charge in [0.05, 0.1) is 12.7 Å². The maximum atomic E-state index is 11.1. The lowest BCUT2D eigenvalue weighted by molar-refractivity contribution is -0.144. The van der Waals surface area contributed by atoms with Crippen LogP contribution in [0, 0.1) is 0 Å². The smallest absolute Gasteiger partial charge is 0.305 e. The molecule has 0 bridgehead atoms. The number of ether oxygens (including phenoxy) is 1. The highest BCUT2D eigenvalue weighted by Gasteiger charge is 2.02. The van der Waals surface area contributed by atoms with E-state index in [-0.39, 0.29) is 25.3 Å². The lowest BCUT2D eigenvalue weighted by atomic mass is 10.1. The van der Waals surface area contributed by atoms with Gasteiger partial charge in [0.15, 0.2) is 0 Å². The maximum Gasteiger partial charge on any atom is 0.305 e. The summed E-state index contributed by atoms with van der Waals surface area (Å²) in [5.74, 6) is -0.867. The maximum absolute atomic E-state index is 11.1. The Balaban J connectivity index is -0.000000653. The minimum Gasteiger partial charge on any atom is -0.481 e. The van der Waals surface area contributed by atoms with Crippen molar-refractivity contribution >= 4 is 11.9 Å². The summed E-state index contributed by atoms with van der Waals surface area (Å²) in [6.45, 7) is 9.74. The van der Waals surface area contributed by atoms with Gasteiger partial charge >= 0.3 is 11.9 Å². The topological polar surface area (TPSA) is 104 Å². The Bertz CT molecular complexity index is 561. The number of carbonyl (C=O) groups is 2. The van der Waals surface area contributed by atoms with Crippen LogP contribution in [0.5, 0.6) is 0 Å². The molecule has 0 aromatic carbocycles. The number of aliphatic hydroxyl groups is 2. The number of hydrogen-bond donors (Lipinski definition) is 3. The molecular weight excluding hydrogens is 516 g/mol. The number of carboxylic acids is 1. The molecule has 6 nitrogen and oxygen atoms in total. The van der Waals surface area contributed by atoms with E-state index in [1.165, 1.54) is 70.6 Å². The first kappa shape index (κ1) is 43.8. The standard InChI is InChI=1S/C18H34O3.C14H28O3.C3H6/c1-2-3-4-11-14-17(19)15-12-9-7-5-6-8-10-13-16-18(20)21;1-2-3-4-5-6-7-8-9-10-11-14(16)17-13-12-15;1-3-2/h9,12,17,19H,2-8,10-11,13-16H2,1H3,(H,20,21);15H,2-13H2,1H3;3H,1H2,2H3/b12-9-;;/t17-;;/m1../s1. The predicted molar refractivity (Wildman–Crippen MR) is 174 cm³/mol. The Hall–Kier alpha value is -1.66. The van der Waals surface area contributed by atoms with Crippen LogP contribution in [0.15, 0.2) is 24.8 Å². The zero-order valence-corrected chi connectivity index (χ0v) is 27.3. The van der Waals surface area contributed by atoms with Crippen LogP contribution in [-0.4, -0.2) is 46.6 Å². The number of carbonyl (C=O) groups excluding carboxylic acids is 1. The quantitative estimate of drug-likeness (QED) is 0.0504. The molecule has 0 unspecified atom stereocenters. The summed E-state index contributed by atoms with van der Waals surface area (Å²) in [6.07, 6.45) is 30.8. The lowest BCUT2D eigenvalue weighted by Crippen LogP contribution is -2.07. The molecule has 0 radical (unpaired) electrons. The Labute approximate surface area is 254 Å². The Morgan fingerprint density at radius 1 is 0.732 bits per heavy atom. The predicted octanol–water partition coefficient (Wildman–Crippen LogP) is 9.71. The number of allylic oxidation sites excluding steroid dienone is 2. The molecule has 0 saturated heterocycles. The molecule has 3 N–H and O–H groups in total. The van der Waals surface area contributed by atoms with Gasteiger partial charge in [-0.2, -0.15) is 0 Å². The molecule has 41 heavy (non-hydrogen) atoms. The number of aliphatic carboxylic acids is 1. The molecule has 0 spiro atoms. The summed E-state index contributed by atoms with van der Waals surface area (Å²) in [5.41, 5.74) is 0. The molecular formula is C35H68O6. The van der Waals surface area contributed by atoms with Gasteiger partial charge < -0.3 is 20.1 Å².